The van der Waals surface area contributed by atoms with Gasteiger partial charge in [0.2, 0.25) is 5.43 Å². The molecular formula is C19H12ClN3O5. The van der Waals surface area contributed by atoms with Crippen molar-refractivity contribution in [3.63, 3.8) is 0 Å². The van der Waals surface area contributed by atoms with Crippen LogP contribution >= 0.6 is 11.6 Å². The van der Waals surface area contributed by atoms with Crippen LogP contribution in [0.4, 0.5) is 0 Å². The topological polar surface area (TPSA) is 114 Å². The summed E-state index contributed by atoms with van der Waals surface area (Å²) in [5.41, 5.74) is -1.39. The van der Waals surface area contributed by atoms with E-state index < -0.39 is 22.5 Å². The van der Waals surface area contributed by atoms with Crippen molar-refractivity contribution in [3.8, 4) is 5.69 Å². The van der Waals surface area contributed by atoms with Crippen molar-refractivity contribution in [2.75, 3.05) is 7.11 Å². The molecule has 0 radical (unpaired) electrons. The molecule has 4 rings (SSSR count). The van der Waals surface area contributed by atoms with E-state index in [-0.39, 0.29) is 27.5 Å². The molecule has 0 aliphatic carbocycles. The van der Waals surface area contributed by atoms with Crippen LogP contribution in [0.15, 0.2) is 56.8 Å². The molecule has 0 aliphatic heterocycles. The fraction of sp³-hybridized carbons (Fsp3) is 0.0526. The molecule has 0 fully saturated rings. The minimum Gasteiger partial charge on any atom is -0.465 e. The summed E-state index contributed by atoms with van der Waals surface area (Å²) >= 11 is 5.94. The Hall–Kier alpha value is -3.65. The van der Waals surface area contributed by atoms with E-state index in [0.717, 1.165) is 4.68 Å². The number of aromatic amines is 2. The van der Waals surface area contributed by atoms with Gasteiger partial charge in [-0.05, 0) is 36.4 Å². The molecule has 9 heteroatoms. The van der Waals surface area contributed by atoms with Crippen molar-refractivity contribution >= 4 is 39.4 Å². The number of methoxy groups -OCH3 is 1. The summed E-state index contributed by atoms with van der Waals surface area (Å²) in [6, 6.07) is 10.4. The van der Waals surface area contributed by atoms with Crippen LogP contribution in [-0.2, 0) is 4.74 Å². The number of aromatic nitrogens is 3. The molecule has 0 aliphatic rings. The van der Waals surface area contributed by atoms with Gasteiger partial charge < -0.3 is 9.72 Å². The highest BCUT2D eigenvalue weighted by molar-refractivity contribution is 6.31. The van der Waals surface area contributed by atoms with Crippen molar-refractivity contribution < 1.29 is 9.53 Å². The number of nitrogens with zero attached hydrogens (tertiary/aromatic N) is 1. The van der Waals surface area contributed by atoms with Crippen LogP contribution in [0.25, 0.3) is 27.5 Å². The highest BCUT2D eigenvalue weighted by atomic mass is 35.5. The SMILES string of the molecule is COC(=O)c1cccc(-n2[nH]c(=O)c3[nH]c4cc(Cl)ccc4c(=O)c3c2=O)c1. The van der Waals surface area contributed by atoms with Gasteiger partial charge in [0.25, 0.3) is 11.1 Å². The Kier molecular flexibility index (Phi) is 4.12. The third-order valence-corrected chi connectivity index (χ3v) is 4.58. The molecule has 0 spiro atoms. The number of ether oxygens (including phenoxy) is 1. The van der Waals surface area contributed by atoms with E-state index >= 15 is 0 Å². The number of halogens is 1. The highest BCUT2D eigenvalue weighted by Gasteiger charge is 2.16. The van der Waals surface area contributed by atoms with Crippen LogP contribution in [0.2, 0.25) is 5.02 Å². The maximum atomic E-state index is 13.0. The summed E-state index contributed by atoms with van der Waals surface area (Å²) in [4.78, 5) is 53.0. The molecule has 0 amide bonds. The van der Waals surface area contributed by atoms with Crippen molar-refractivity contribution in [1.29, 1.82) is 0 Å². The van der Waals surface area contributed by atoms with E-state index in [1.54, 1.807) is 0 Å². The Morgan fingerprint density at radius 2 is 1.89 bits per heavy atom. The van der Waals surface area contributed by atoms with Crippen molar-refractivity contribution in [1.82, 2.24) is 14.8 Å². The Balaban J connectivity index is 2.08. The summed E-state index contributed by atoms with van der Waals surface area (Å²) in [7, 11) is 1.23. The number of esters is 1. The smallest absolute Gasteiger partial charge is 0.337 e. The second kappa shape index (κ2) is 6.50. The summed E-state index contributed by atoms with van der Waals surface area (Å²) < 4.78 is 5.59. The van der Waals surface area contributed by atoms with Crippen molar-refractivity contribution in [3.05, 3.63) is 84.0 Å². The fourth-order valence-electron chi connectivity index (χ4n) is 3.03. The highest BCUT2D eigenvalue weighted by Crippen LogP contribution is 2.16. The molecule has 0 atom stereocenters. The van der Waals surface area contributed by atoms with Crippen molar-refractivity contribution in [2.24, 2.45) is 0 Å². The lowest BCUT2D eigenvalue weighted by Gasteiger charge is -2.09. The molecule has 140 valence electrons. The van der Waals surface area contributed by atoms with Gasteiger partial charge in [-0.3, -0.25) is 19.5 Å². The number of carbonyl (C=O) groups is 1. The first-order chi connectivity index (χ1) is 13.4. The zero-order valence-corrected chi connectivity index (χ0v) is 15.2. The maximum absolute atomic E-state index is 13.0. The van der Waals surface area contributed by atoms with Gasteiger partial charge in [0.05, 0.1) is 23.9 Å². The normalized spacial score (nSPS) is 11.1. The van der Waals surface area contributed by atoms with Gasteiger partial charge in [0.1, 0.15) is 10.9 Å². The minimum absolute atomic E-state index is 0.148. The van der Waals surface area contributed by atoms with Gasteiger partial charge >= 0.3 is 5.97 Å². The number of carbonyl (C=O) groups excluding carboxylic acids is 1. The average Bonchev–Trinajstić information content (AvgIpc) is 2.69. The third kappa shape index (κ3) is 2.71. The standard InChI is InChI=1S/C19H12ClN3O5/c1-28-19(27)9-3-2-4-11(7-9)23-18(26)14-15(17(25)22-23)21-13-8-10(20)5-6-12(13)16(14)24/h2-8H,1H3,(H,21,24)(H,22,25). The molecule has 4 aromatic rings. The van der Waals surface area contributed by atoms with Gasteiger partial charge in [-0.25, -0.2) is 9.48 Å². The van der Waals surface area contributed by atoms with Crippen LogP contribution in [0.3, 0.4) is 0 Å². The fourth-order valence-corrected chi connectivity index (χ4v) is 3.20. The summed E-state index contributed by atoms with van der Waals surface area (Å²) in [5, 5.41) is 2.74. The third-order valence-electron chi connectivity index (χ3n) is 4.35. The van der Waals surface area contributed by atoms with Crippen LogP contribution in [0.5, 0.6) is 0 Å². The Labute approximate surface area is 160 Å². The first-order valence-corrected chi connectivity index (χ1v) is 8.48. The van der Waals surface area contributed by atoms with E-state index in [9.17, 15) is 19.2 Å². The van der Waals surface area contributed by atoms with Crippen molar-refractivity contribution in [2.45, 2.75) is 0 Å². The zero-order valence-electron chi connectivity index (χ0n) is 14.4. The minimum atomic E-state index is -0.727. The molecule has 2 aromatic carbocycles. The molecule has 28 heavy (non-hydrogen) atoms. The molecule has 0 saturated heterocycles. The monoisotopic (exact) mass is 397 g/mol. The van der Waals surface area contributed by atoms with Gasteiger partial charge in [-0.2, -0.15) is 0 Å². The number of fused-ring (bicyclic) bond motifs is 2. The number of hydrogen-bond donors (Lipinski definition) is 2. The first-order valence-electron chi connectivity index (χ1n) is 8.10. The molecule has 0 bridgehead atoms. The number of hydrogen-bond acceptors (Lipinski definition) is 5. The summed E-state index contributed by atoms with van der Waals surface area (Å²) in [6.45, 7) is 0. The van der Waals surface area contributed by atoms with Gasteiger partial charge in [0.15, 0.2) is 0 Å². The molecule has 2 aromatic heterocycles. The summed E-state index contributed by atoms with van der Waals surface area (Å²) in [5.74, 6) is -0.598. The lowest BCUT2D eigenvalue weighted by Crippen LogP contribution is -2.32. The van der Waals surface area contributed by atoms with Gasteiger partial charge in [-0.15, -0.1) is 0 Å². The largest absolute Gasteiger partial charge is 0.465 e. The zero-order chi connectivity index (χ0) is 20.0. The lowest BCUT2D eigenvalue weighted by atomic mass is 10.1. The van der Waals surface area contributed by atoms with Crippen LogP contribution < -0.4 is 16.5 Å². The predicted molar refractivity (Wildman–Crippen MR) is 105 cm³/mol. The first kappa shape index (κ1) is 17.7. The molecule has 0 saturated carbocycles. The molecule has 0 unspecified atom stereocenters. The number of rotatable bonds is 2. The van der Waals surface area contributed by atoms with Crippen LogP contribution in [-0.4, -0.2) is 27.8 Å². The Morgan fingerprint density at radius 1 is 1.11 bits per heavy atom. The maximum Gasteiger partial charge on any atom is 0.337 e. The van der Waals surface area contributed by atoms with Gasteiger partial charge in [0, 0.05) is 10.4 Å². The molecule has 8 nitrogen and oxygen atoms in total. The van der Waals surface area contributed by atoms with Gasteiger partial charge in [-0.1, -0.05) is 17.7 Å². The van der Waals surface area contributed by atoms with Crippen LogP contribution in [0, 0.1) is 0 Å². The Morgan fingerprint density at radius 3 is 2.64 bits per heavy atom. The predicted octanol–water partition coefficient (Wildman–Crippen LogP) is 1.96. The Bertz CT molecular complexity index is 1450. The lowest BCUT2D eigenvalue weighted by molar-refractivity contribution is 0.0600. The van der Waals surface area contributed by atoms with E-state index in [2.05, 4.69) is 14.8 Å². The number of nitrogens with one attached hydrogen (secondary N) is 2. The number of benzene rings is 2. The van der Waals surface area contributed by atoms with E-state index in [1.807, 2.05) is 0 Å². The number of H-pyrrole nitrogens is 2. The average molecular weight is 398 g/mol. The quantitative estimate of drug-likeness (QED) is 0.396. The summed E-state index contributed by atoms with van der Waals surface area (Å²) in [6.07, 6.45) is 0. The number of pyridine rings is 1. The molecule has 2 heterocycles. The van der Waals surface area contributed by atoms with E-state index in [4.69, 9.17) is 11.6 Å². The van der Waals surface area contributed by atoms with Crippen LogP contribution in [0.1, 0.15) is 10.4 Å². The van der Waals surface area contributed by atoms with E-state index in [0.29, 0.717) is 10.5 Å². The molecular weight excluding hydrogens is 386 g/mol. The molecule has 2 N–H and O–H groups in total. The second-order valence-electron chi connectivity index (χ2n) is 6.02. The van der Waals surface area contributed by atoms with E-state index in [1.165, 1.54) is 49.6 Å². The second-order valence-corrected chi connectivity index (χ2v) is 6.45.